The third-order valence-electron chi connectivity index (χ3n) is 13.7. The van der Waals surface area contributed by atoms with Crippen molar-refractivity contribution in [2.24, 2.45) is 0 Å². The molecule has 0 fully saturated rings. The fraction of sp³-hybridized carbons (Fsp3) is 0.0690. The van der Waals surface area contributed by atoms with E-state index in [9.17, 15) is 0 Å². The summed E-state index contributed by atoms with van der Waals surface area (Å²) in [6.07, 6.45) is 0. The standard InChI is InChI=1S/C58H39NOS/c1-57(2)46-21-9-6-19-40(46)42-30-28-37(32-50(42)57)59(52-25-13-8-18-39(52)36-16-4-3-5-17-36)38-29-31-43-45-34-44-41-20-7-10-22-47(41)58(51(44)35-56(45)61-55(43)33-38)48-23-11-14-26-53(48)60-54-27-15-12-24-49(54)58/h3-35H,1-2H3. The Morgan fingerprint density at radius 1 is 0.393 bits per heavy atom. The minimum absolute atomic E-state index is 0.121. The maximum atomic E-state index is 6.62. The van der Waals surface area contributed by atoms with Crippen LogP contribution in [0.5, 0.6) is 11.5 Å². The average Bonchev–Trinajstić information content (AvgIpc) is 3.89. The number of fused-ring (bicyclic) bond motifs is 15. The summed E-state index contributed by atoms with van der Waals surface area (Å²) < 4.78 is 9.18. The molecule has 2 aliphatic carbocycles. The van der Waals surface area contributed by atoms with E-state index in [4.69, 9.17) is 4.74 Å². The molecule has 0 unspecified atom stereocenters. The predicted molar refractivity (Wildman–Crippen MR) is 254 cm³/mol. The molecular weight excluding hydrogens is 759 g/mol. The first kappa shape index (κ1) is 34.6. The monoisotopic (exact) mass is 797 g/mol. The molecule has 2 nitrogen and oxygen atoms in total. The van der Waals surface area contributed by atoms with Gasteiger partial charge in [0.2, 0.25) is 0 Å². The molecule has 0 saturated carbocycles. The lowest BCUT2D eigenvalue weighted by atomic mass is 9.66. The second-order valence-corrected chi connectivity index (χ2v) is 18.3. The largest absolute Gasteiger partial charge is 0.457 e. The Morgan fingerprint density at radius 2 is 0.951 bits per heavy atom. The van der Waals surface area contributed by atoms with Gasteiger partial charge in [-0.1, -0.05) is 159 Å². The molecule has 1 aliphatic heterocycles. The van der Waals surface area contributed by atoms with Crippen molar-refractivity contribution in [1.82, 2.24) is 0 Å². The summed E-state index contributed by atoms with van der Waals surface area (Å²) in [6, 6.07) is 74.0. The molecule has 13 rings (SSSR count). The van der Waals surface area contributed by atoms with Crippen molar-refractivity contribution in [2.45, 2.75) is 24.7 Å². The molecule has 0 radical (unpaired) electrons. The lowest BCUT2D eigenvalue weighted by molar-refractivity contribution is 0.436. The van der Waals surface area contributed by atoms with Crippen molar-refractivity contribution in [3.63, 3.8) is 0 Å². The first-order valence-corrected chi connectivity index (χ1v) is 22.0. The van der Waals surface area contributed by atoms with Crippen LogP contribution >= 0.6 is 11.3 Å². The third kappa shape index (κ3) is 4.73. The van der Waals surface area contributed by atoms with Gasteiger partial charge in [-0.25, -0.2) is 0 Å². The predicted octanol–water partition coefficient (Wildman–Crippen LogP) is 16.0. The Hall–Kier alpha value is -7.20. The van der Waals surface area contributed by atoms with Crippen LogP contribution in [0.1, 0.15) is 47.2 Å². The number of hydrogen-bond acceptors (Lipinski definition) is 3. The van der Waals surface area contributed by atoms with E-state index >= 15 is 0 Å². The highest BCUT2D eigenvalue weighted by Crippen LogP contribution is 2.63. The molecular formula is C58H39NOS. The van der Waals surface area contributed by atoms with Crippen molar-refractivity contribution in [1.29, 1.82) is 0 Å². The zero-order chi connectivity index (χ0) is 40.5. The second-order valence-electron chi connectivity index (χ2n) is 17.2. The Morgan fingerprint density at radius 3 is 1.70 bits per heavy atom. The molecule has 3 heteroatoms. The molecule has 0 bridgehead atoms. The molecule has 0 saturated heterocycles. The van der Waals surface area contributed by atoms with Crippen LogP contribution in [0.15, 0.2) is 200 Å². The van der Waals surface area contributed by atoms with Gasteiger partial charge in [0.1, 0.15) is 11.5 Å². The molecule has 2 heterocycles. The maximum absolute atomic E-state index is 6.62. The Kier molecular flexibility index (Phi) is 7.19. The highest BCUT2D eigenvalue weighted by atomic mass is 32.1. The highest BCUT2D eigenvalue weighted by molar-refractivity contribution is 7.25. The van der Waals surface area contributed by atoms with Gasteiger partial charge in [0.05, 0.1) is 11.1 Å². The Balaban J connectivity index is 1.03. The summed E-state index contributed by atoms with van der Waals surface area (Å²) in [4.78, 5) is 2.48. The van der Waals surface area contributed by atoms with Crippen molar-refractivity contribution in [2.75, 3.05) is 4.90 Å². The number of nitrogens with zero attached hydrogens (tertiary/aromatic N) is 1. The van der Waals surface area contributed by atoms with Gasteiger partial charge >= 0.3 is 0 Å². The molecule has 10 aromatic rings. The van der Waals surface area contributed by atoms with Gasteiger partial charge in [-0.2, -0.15) is 0 Å². The topological polar surface area (TPSA) is 12.5 Å². The first-order valence-electron chi connectivity index (χ1n) is 21.2. The molecule has 9 aromatic carbocycles. The number of anilines is 3. The molecule has 288 valence electrons. The number of para-hydroxylation sites is 3. The zero-order valence-corrected chi connectivity index (χ0v) is 34.6. The van der Waals surface area contributed by atoms with Crippen molar-refractivity contribution < 1.29 is 4.74 Å². The number of rotatable bonds is 4. The smallest absolute Gasteiger partial charge is 0.132 e. The van der Waals surface area contributed by atoms with Crippen LogP contribution in [0.3, 0.4) is 0 Å². The van der Waals surface area contributed by atoms with Gasteiger partial charge in [0.15, 0.2) is 0 Å². The van der Waals surface area contributed by atoms with E-state index in [1.54, 1.807) is 0 Å². The van der Waals surface area contributed by atoms with Crippen LogP contribution in [0.25, 0.3) is 53.6 Å². The molecule has 1 aromatic heterocycles. The van der Waals surface area contributed by atoms with Crippen molar-refractivity contribution >= 4 is 48.6 Å². The quantitative estimate of drug-likeness (QED) is 0.176. The summed E-state index contributed by atoms with van der Waals surface area (Å²) in [5.74, 6) is 1.83. The summed E-state index contributed by atoms with van der Waals surface area (Å²) in [5.41, 5.74) is 18.2. The summed E-state index contributed by atoms with van der Waals surface area (Å²) >= 11 is 1.89. The van der Waals surface area contributed by atoms with Gasteiger partial charge in [0.25, 0.3) is 0 Å². The fourth-order valence-corrected chi connectivity index (χ4v) is 12.2. The zero-order valence-electron chi connectivity index (χ0n) is 33.8. The van der Waals surface area contributed by atoms with Gasteiger partial charge < -0.3 is 9.64 Å². The highest BCUT2D eigenvalue weighted by Gasteiger charge is 2.51. The van der Waals surface area contributed by atoms with E-state index in [0.717, 1.165) is 28.6 Å². The lowest BCUT2D eigenvalue weighted by Crippen LogP contribution is -2.32. The van der Waals surface area contributed by atoms with E-state index in [-0.39, 0.29) is 5.41 Å². The normalized spacial score (nSPS) is 14.5. The van der Waals surface area contributed by atoms with E-state index in [2.05, 4.69) is 219 Å². The number of thiophene rings is 1. The molecule has 61 heavy (non-hydrogen) atoms. The van der Waals surface area contributed by atoms with Gasteiger partial charge in [-0.15, -0.1) is 11.3 Å². The van der Waals surface area contributed by atoms with Crippen LogP contribution in [-0.4, -0.2) is 0 Å². The van der Waals surface area contributed by atoms with E-state index in [1.165, 1.54) is 86.9 Å². The van der Waals surface area contributed by atoms with Crippen molar-refractivity contribution in [3.8, 4) is 44.9 Å². The van der Waals surface area contributed by atoms with Crippen molar-refractivity contribution in [3.05, 3.63) is 234 Å². The molecule has 0 atom stereocenters. The second kappa shape index (κ2) is 12.7. The van der Waals surface area contributed by atoms with E-state index in [0.29, 0.717) is 0 Å². The molecule has 1 spiro atoms. The summed E-state index contributed by atoms with van der Waals surface area (Å²) in [6.45, 7) is 4.73. The Bertz CT molecular complexity index is 3400. The SMILES string of the molecule is CC1(C)c2ccccc2-c2ccc(N(c3ccc4c(c3)sc3cc5c(cc34)-c3ccccc3C53c4ccccc4Oc4ccccc43)c3ccccc3-c3ccccc3)cc21. The minimum atomic E-state index is -0.494. The number of ether oxygens (including phenoxy) is 1. The molecule has 0 amide bonds. The van der Waals surface area contributed by atoms with Crippen LogP contribution in [0.4, 0.5) is 17.1 Å². The Labute approximate surface area is 359 Å². The summed E-state index contributed by atoms with van der Waals surface area (Å²) in [7, 11) is 0. The molecule has 0 N–H and O–H groups in total. The van der Waals surface area contributed by atoms with E-state index in [1.807, 2.05) is 11.3 Å². The van der Waals surface area contributed by atoms with Crippen LogP contribution in [-0.2, 0) is 10.8 Å². The average molecular weight is 798 g/mol. The van der Waals surface area contributed by atoms with Crippen LogP contribution in [0.2, 0.25) is 0 Å². The first-order chi connectivity index (χ1) is 30.0. The fourth-order valence-electron chi connectivity index (χ4n) is 11.0. The van der Waals surface area contributed by atoms with Crippen LogP contribution in [0, 0.1) is 0 Å². The van der Waals surface area contributed by atoms with Crippen LogP contribution < -0.4 is 9.64 Å². The van der Waals surface area contributed by atoms with E-state index < -0.39 is 5.41 Å². The summed E-state index contributed by atoms with van der Waals surface area (Å²) in [5, 5.41) is 2.57. The minimum Gasteiger partial charge on any atom is -0.457 e. The lowest BCUT2D eigenvalue weighted by Gasteiger charge is -2.39. The number of benzene rings is 9. The van der Waals surface area contributed by atoms with Gasteiger partial charge in [-0.3, -0.25) is 0 Å². The van der Waals surface area contributed by atoms with Gasteiger partial charge in [-0.05, 0) is 105 Å². The maximum Gasteiger partial charge on any atom is 0.132 e. The third-order valence-corrected chi connectivity index (χ3v) is 14.9. The molecule has 3 aliphatic rings. The number of hydrogen-bond donors (Lipinski definition) is 0. The van der Waals surface area contributed by atoms with Gasteiger partial charge in [0, 0.05) is 53.7 Å².